The number of para-hydroxylation sites is 1. The Morgan fingerprint density at radius 2 is 1.79 bits per heavy atom. The van der Waals surface area contributed by atoms with Gasteiger partial charge in [0.25, 0.3) is 0 Å². The van der Waals surface area contributed by atoms with Crippen LogP contribution in [0.15, 0.2) is 63.9 Å². The van der Waals surface area contributed by atoms with E-state index in [9.17, 15) is 13.2 Å². The van der Waals surface area contributed by atoms with Gasteiger partial charge in [-0.15, -0.1) is 0 Å². The summed E-state index contributed by atoms with van der Waals surface area (Å²) in [6, 6.07) is 15.4. The van der Waals surface area contributed by atoms with E-state index in [1.54, 1.807) is 12.1 Å². The minimum atomic E-state index is -3.60. The standard InChI is InChI=1S/C21H21NO5S/c23-21(26-15-18-13-16-7-2-3-10-20(16)27-18)17-8-6-9-19(14-17)28(24,25)22-11-4-1-5-12-22/h2-3,6-10,13-14H,1,4-5,11-12,15H2. The summed E-state index contributed by atoms with van der Waals surface area (Å²) in [6.45, 7) is 1.02. The first-order valence-corrected chi connectivity index (χ1v) is 10.7. The van der Waals surface area contributed by atoms with E-state index in [1.807, 2.05) is 30.3 Å². The SMILES string of the molecule is O=C(OCc1cc2ccccc2o1)c1cccc(S(=O)(=O)N2CCCCC2)c1. The third-order valence-electron chi connectivity index (χ3n) is 4.84. The lowest BCUT2D eigenvalue weighted by Crippen LogP contribution is -2.35. The third-order valence-corrected chi connectivity index (χ3v) is 6.74. The molecular formula is C21H21NO5S. The summed E-state index contributed by atoms with van der Waals surface area (Å²) in [6.07, 6.45) is 2.76. The number of piperidine rings is 1. The topological polar surface area (TPSA) is 76.8 Å². The number of rotatable bonds is 5. The molecule has 28 heavy (non-hydrogen) atoms. The first-order valence-electron chi connectivity index (χ1n) is 9.29. The predicted molar refractivity (Wildman–Crippen MR) is 104 cm³/mol. The normalized spacial score (nSPS) is 15.6. The van der Waals surface area contributed by atoms with Crippen molar-refractivity contribution in [1.82, 2.24) is 4.31 Å². The lowest BCUT2D eigenvalue weighted by Gasteiger charge is -2.25. The summed E-state index contributed by atoms with van der Waals surface area (Å²) in [5.74, 6) is -0.0530. The van der Waals surface area contributed by atoms with E-state index in [1.165, 1.54) is 16.4 Å². The predicted octanol–water partition coefficient (Wildman–Crippen LogP) is 3.96. The van der Waals surface area contributed by atoms with Crippen molar-refractivity contribution in [1.29, 1.82) is 0 Å². The molecule has 146 valence electrons. The van der Waals surface area contributed by atoms with Crippen LogP contribution in [0.1, 0.15) is 35.4 Å². The highest BCUT2D eigenvalue weighted by Crippen LogP contribution is 2.23. The summed E-state index contributed by atoms with van der Waals surface area (Å²) in [7, 11) is -3.60. The molecule has 0 atom stereocenters. The fourth-order valence-electron chi connectivity index (χ4n) is 3.37. The molecule has 1 aliphatic heterocycles. The van der Waals surface area contributed by atoms with Crippen molar-refractivity contribution in [2.75, 3.05) is 13.1 Å². The molecule has 0 aliphatic carbocycles. The fraction of sp³-hybridized carbons (Fsp3) is 0.286. The Morgan fingerprint density at radius 3 is 2.57 bits per heavy atom. The van der Waals surface area contributed by atoms with Crippen molar-refractivity contribution < 1.29 is 22.4 Å². The molecule has 6 nitrogen and oxygen atoms in total. The van der Waals surface area contributed by atoms with Gasteiger partial charge in [-0.25, -0.2) is 13.2 Å². The average molecular weight is 399 g/mol. The monoisotopic (exact) mass is 399 g/mol. The van der Waals surface area contributed by atoms with E-state index < -0.39 is 16.0 Å². The Hall–Kier alpha value is -2.64. The molecule has 1 saturated heterocycles. The Kier molecular flexibility index (Phi) is 5.19. The zero-order chi connectivity index (χ0) is 19.6. The van der Waals surface area contributed by atoms with Crippen LogP contribution in [-0.2, 0) is 21.4 Å². The van der Waals surface area contributed by atoms with Crippen molar-refractivity contribution in [3.05, 3.63) is 65.9 Å². The Labute approximate surface area is 163 Å². The molecule has 2 heterocycles. The minimum absolute atomic E-state index is 0.0172. The van der Waals surface area contributed by atoms with Crippen molar-refractivity contribution in [3.8, 4) is 0 Å². The van der Waals surface area contributed by atoms with Gasteiger partial charge < -0.3 is 9.15 Å². The van der Waals surface area contributed by atoms with Gasteiger partial charge in [0.15, 0.2) is 0 Å². The zero-order valence-electron chi connectivity index (χ0n) is 15.3. The van der Waals surface area contributed by atoms with E-state index in [4.69, 9.17) is 9.15 Å². The Morgan fingerprint density at radius 1 is 1.00 bits per heavy atom. The smallest absolute Gasteiger partial charge is 0.338 e. The van der Waals surface area contributed by atoms with E-state index in [-0.39, 0.29) is 17.1 Å². The first kappa shape index (κ1) is 18.7. The van der Waals surface area contributed by atoms with Crippen LogP contribution in [0.25, 0.3) is 11.0 Å². The van der Waals surface area contributed by atoms with Gasteiger partial charge in [0.05, 0.1) is 10.5 Å². The summed E-state index contributed by atoms with van der Waals surface area (Å²) >= 11 is 0. The number of furan rings is 1. The van der Waals surface area contributed by atoms with Crippen LogP contribution < -0.4 is 0 Å². The van der Waals surface area contributed by atoms with Crippen LogP contribution in [0.5, 0.6) is 0 Å². The number of carbonyl (C=O) groups excluding carboxylic acids is 1. The number of benzene rings is 2. The van der Waals surface area contributed by atoms with Crippen LogP contribution >= 0.6 is 0 Å². The molecule has 0 saturated carbocycles. The molecule has 2 aromatic carbocycles. The second kappa shape index (κ2) is 7.77. The van der Waals surface area contributed by atoms with Gasteiger partial charge in [-0.05, 0) is 43.2 Å². The highest BCUT2D eigenvalue weighted by Gasteiger charge is 2.26. The van der Waals surface area contributed by atoms with Gasteiger partial charge >= 0.3 is 5.97 Å². The van der Waals surface area contributed by atoms with Crippen LogP contribution in [0, 0.1) is 0 Å². The average Bonchev–Trinajstić information content (AvgIpc) is 3.16. The second-order valence-corrected chi connectivity index (χ2v) is 8.76. The molecule has 1 aliphatic rings. The third kappa shape index (κ3) is 3.81. The van der Waals surface area contributed by atoms with Crippen molar-refractivity contribution >= 4 is 27.0 Å². The van der Waals surface area contributed by atoms with E-state index in [2.05, 4.69) is 0 Å². The van der Waals surface area contributed by atoms with Crippen molar-refractivity contribution in [2.45, 2.75) is 30.8 Å². The van der Waals surface area contributed by atoms with Gasteiger partial charge in [-0.3, -0.25) is 0 Å². The number of carbonyl (C=O) groups is 1. The Bertz CT molecular complexity index is 1060. The number of nitrogens with zero attached hydrogens (tertiary/aromatic N) is 1. The number of ether oxygens (including phenoxy) is 1. The maximum atomic E-state index is 12.8. The molecule has 0 unspecified atom stereocenters. The summed E-state index contributed by atoms with van der Waals surface area (Å²) in [5, 5.41) is 0.933. The molecule has 3 aromatic rings. The molecule has 0 amide bonds. The molecule has 1 aromatic heterocycles. The van der Waals surface area contributed by atoms with Gasteiger partial charge in [-0.2, -0.15) is 4.31 Å². The van der Waals surface area contributed by atoms with E-state index in [0.717, 1.165) is 30.2 Å². The van der Waals surface area contributed by atoms with Crippen molar-refractivity contribution in [3.63, 3.8) is 0 Å². The molecule has 7 heteroatoms. The van der Waals surface area contributed by atoms with Gasteiger partial charge in [0, 0.05) is 18.5 Å². The highest BCUT2D eigenvalue weighted by atomic mass is 32.2. The number of hydrogen-bond acceptors (Lipinski definition) is 5. The number of fused-ring (bicyclic) bond motifs is 1. The van der Waals surface area contributed by atoms with Crippen LogP contribution in [0.3, 0.4) is 0 Å². The summed E-state index contributed by atoms with van der Waals surface area (Å²) in [4.78, 5) is 12.5. The molecule has 0 spiro atoms. The Balaban J connectivity index is 1.48. The van der Waals surface area contributed by atoms with Crippen LogP contribution in [0.4, 0.5) is 0 Å². The molecular weight excluding hydrogens is 378 g/mol. The fourth-order valence-corrected chi connectivity index (χ4v) is 4.93. The maximum absolute atomic E-state index is 12.8. The largest absolute Gasteiger partial charge is 0.457 e. The quantitative estimate of drug-likeness (QED) is 0.607. The number of hydrogen-bond donors (Lipinski definition) is 0. The first-order chi connectivity index (χ1) is 13.5. The second-order valence-electron chi connectivity index (χ2n) is 6.82. The van der Waals surface area contributed by atoms with Crippen molar-refractivity contribution in [2.24, 2.45) is 0 Å². The zero-order valence-corrected chi connectivity index (χ0v) is 16.2. The molecule has 0 N–H and O–H groups in total. The molecule has 0 radical (unpaired) electrons. The van der Waals surface area contributed by atoms with E-state index >= 15 is 0 Å². The summed E-state index contributed by atoms with van der Waals surface area (Å²) in [5.41, 5.74) is 0.928. The van der Waals surface area contributed by atoms with E-state index in [0.29, 0.717) is 18.8 Å². The molecule has 0 bridgehead atoms. The minimum Gasteiger partial charge on any atom is -0.457 e. The molecule has 1 fully saturated rings. The van der Waals surface area contributed by atoms with Gasteiger partial charge in [0.1, 0.15) is 18.0 Å². The number of sulfonamides is 1. The highest BCUT2D eigenvalue weighted by molar-refractivity contribution is 7.89. The molecule has 4 rings (SSSR count). The lowest BCUT2D eigenvalue weighted by molar-refractivity contribution is 0.0447. The lowest BCUT2D eigenvalue weighted by atomic mass is 10.2. The van der Waals surface area contributed by atoms with Gasteiger partial charge in [-0.1, -0.05) is 30.7 Å². The van der Waals surface area contributed by atoms with Crippen LogP contribution in [0.2, 0.25) is 0 Å². The van der Waals surface area contributed by atoms with Crippen LogP contribution in [-0.4, -0.2) is 31.8 Å². The maximum Gasteiger partial charge on any atom is 0.338 e. The van der Waals surface area contributed by atoms with Gasteiger partial charge in [0.2, 0.25) is 10.0 Å². The number of esters is 1. The summed E-state index contributed by atoms with van der Waals surface area (Å²) < 4.78 is 38.0.